The van der Waals surface area contributed by atoms with Gasteiger partial charge in [-0.05, 0) is 35.5 Å². The van der Waals surface area contributed by atoms with Crippen molar-refractivity contribution in [3.8, 4) is 0 Å². The molecule has 7 heteroatoms. The van der Waals surface area contributed by atoms with E-state index in [1.165, 1.54) is 23.1 Å². The summed E-state index contributed by atoms with van der Waals surface area (Å²) in [4.78, 5) is 36.1. The summed E-state index contributed by atoms with van der Waals surface area (Å²) in [6, 6.07) is 6.73. The smallest absolute Gasteiger partial charge is 0.328 e. The van der Waals surface area contributed by atoms with E-state index in [-0.39, 0.29) is 17.2 Å². The van der Waals surface area contributed by atoms with Crippen LogP contribution < -0.4 is 5.32 Å². The summed E-state index contributed by atoms with van der Waals surface area (Å²) in [6.45, 7) is 3.76. The predicted octanol–water partition coefficient (Wildman–Crippen LogP) is 1.60. The number of nitrogens with zero attached hydrogens (tertiary/aromatic N) is 1. The van der Waals surface area contributed by atoms with Crippen molar-refractivity contribution in [2.24, 2.45) is 0 Å². The first-order chi connectivity index (χ1) is 11.4. The van der Waals surface area contributed by atoms with Crippen molar-refractivity contribution in [1.29, 1.82) is 0 Å². The van der Waals surface area contributed by atoms with Gasteiger partial charge in [0.15, 0.2) is 5.11 Å². The van der Waals surface area contributed by atoms with Gasteiger partial charge in [-0.25, -0.2) is 4.79 Å². The van der Waals surface area contributed by atoms with Gasteiger partial charge in [0.1, 0.15) is 5.57 Å². The molecule has 2 rings (SSSR count). The number of nitrogens with one attached hydrogen (secondary N) is 1. The van der Waals surface area contributed by atoms with Crippen molar-refractivity contribution in [3.63, 3.8) is 0 Å². The van der Waals surface area contributed by atoms with Crippen LogP contribution in [0.25, 0.3) is 12.2 Å². The number of carboxylic acid groups (broad SMARTS) is 1. The van der Waals surface area contributed by atoms with Gasteiger partial charge in [0.05, 0.1) is 0 Å². The number of aliphatic carboxylic acids is 1. The van der Waals surface area contributed by atoms with Crippen LogP contribution in [0.1, 0.15) is 11.1 Å². The molecule has 1 aliphatic rings. The van der Waals surface area contributed by atoms with Gasteiger partial charge in [-0.3, -0.25) is 19.8 Å². The van der Waals surface area contributed by atoms with Crippen molar-refractivity contribution in [2.75, 3.05) is 6.54 Å². The van der Waals surface area contributed by atoms with E-state index in [1.807, 2.05) is 0 Å². The van der Waals surface area contributed by atoms with Crippen LogP contribution in [0, 0.1) is 0 Å². The Kier molecular flexibility index (Phi) is 5.39. The number of hydrogen-bond acceptors (Lipinski definition) is 4. The van der Waals surface area contributed by atoms with Gasteiger partial charge in [-0.15, -0.1) is 6.58 Å². The Morgan fingerprint density at radius 2 is 1.88 bits per heavy atom. The zero-order valence-corrected chi connectivity index (χ0v) is 13.4. The van der Waals surface area contributed by atoms with Crippen molar-refractivity contribution in [2.45, 2.75) is 0 Å². The van der Waals surface area contributed by atoms with Gasteiger partial charge in [0, 0.05) is 12.6 Å². The van der Waals surface area contributed by atoms with E-state index in [4.69, 9.17) is 17.3 Å². The number of rotatable bonds is 5. The fraction of sp³-hybridized carbons (Fsp3) is 0.0588. The van der Waals surface area contributed by atoms with Crippen molar-refractivity contribution in [3.05, 3.63) is 59.7 Å². The minimum atomic E-state index is -1.04. The molecule has 0 bridgehead atoms. The fourth-order valence-corrected chi connectivity index (χ4v) is 2.28. The van der Waals surface area contributed by atoms with E-state index >= 15 is 0 Å². The molecule has 24 heavy (non-hydrogen) atoms. The molecule has 2 amide bonds. The number of benzene rings is 1. The molecule has 0 aromatic heterocycles. The van der Waals surface area contributed by atoms with E-state index < -0.39 is 17.8 Å². The molecule has 1 saturated heterocycles. The van der Waals surface area contributed by atoms with E-state index in [0.717, 1.165) is 6.08 Å². The summed E-state index contributed by atoms with van der Waals surface area (Å²) in [7, 11) is 0. The summed E-state index contributed by atoms with van der Waals surface area (Å²) in [6.07, 6.45) is 5.45. The van der Waals surface area contributed by atoms with Gasteiger partial charge in [-0.1, -0.05) is 30.3 Å². The highest BCUT2D eigenvalue weighted by molar-refractivity contribution is 7.80. The molecule has 1 aromatic rings. The minimum absolute atomic E-state index is 0.0284. The van der Waals surface area contributed by atoms with Crippen LogP contribution >= 0.6 is 12.2 Å². The minimum Gasteiger partial charge on any atom is -0.478 e. The van der Waals surface area contributed by atoms with Gasteiger partial charge >= 0.3 is 5.97 Å². The normalized spacial score (nSPS) is 16.6. The fourth-order valence-electron chi connectivity index (χ4n) is 2.03. The maximum atomic E-state index is 12.4. The highest BCUT2D eigenvalue weighted by Crippen LogP contribution is 2.15. The second kappa shape index (κ2) is 7.47. The quantitative estimate of drug-likeness (QED) is 0.367. The van der Waals surface area contributed by atoms with Crippen LogP contribution in [0.5, 0.6) is 0 Å². The number of amides is 2. The van der Waals surface area contributed by atoms with Crippen LogP contribution in [0.15, 0.2) is 48.6 Å². The number of carbonyl (C=O) groups is 3. The summed E-state index contributed by atoms with van der Waals surface area (Å²) < 4.78 is 0. The Hall–Kier alpha value is -3.06. The molecule has 0 aliphatic carbocycles. The molecule has 0 unspecified atom stereocenters. The summed E-state index contributed by atoms with van der Waals surface area (Å²) in [5, 5.41) is 11.1. The molecule has 0 atom stereocenters. The number of thiocarbonyl (C=S) groups is 1. The highest BCUT2D eigenvalue weighted by Gasteiger charge is 2.32. The van der Waals surface area contributed by atoms with Crippen LogP contribution in [0.4, 0.5) is 0 Å². The summed E-state index contributed by atoms with van der Waals surface area (Å²) >= 11 is 4.97. The van der Waals surface area contributed by atoms with Crippen LogP contribution in [0.2, 0.25) is 0 Å². The summed E-state index contributed by atoms with van der Waals surface area (Å²) in [5.41, 5.74) is 1.29. The molecule has 122 valence electrons. The third-order valence-electron chi connectivity index (χ3n) is 3.16. The Bertz CT molecular complexity index is 778. The number of hydrogen-bond donors (Lipinski definition) is 2. The predicted molar refractivity (Wildman–Crippen MR) is 93.7 cm³/mol. The Labute approximate surface area is 143 Å². The second-order valence-electron chi connectivity index (χ2n) is 4.86. The maximum Gasteiger partial charge on any atom is 0.328 e. The SMILES string of the molecule is C=CCN1C(=O)/C(=C/c2ccc(/C=C/C(=O)O)cc2)C(=O)NC1=S. The number of carbonyl (C=O) groups excluding carboxylic acids is 2. The Morgan fingerprint density at radius 3 is 2.46 bits per heavy atom. The molecule has 2 N–H and O–H groups in total. The molecular formula is C17H14N2O4S. The first-order valence-corrected chi connectivity index (χ1v) is 7.34. The van der Waals surface area contributed by atoms with E-state index in [2.05, 4.69) is 11.9 Å². The molecule has 1 aromatic carbocycles. The van der Waals surface area contributed by atoms with Crippen LogP contribution in [0.3, 0.4) is 0 Å². The van der Waals surface area contributed by atoms with Gasteiger partial charge < -0.3 is 5.11 Å². The Morgan fingerprint density at radius 1 is 1.25 bits per heavy atom. The molecule has 0 saturated carbocycles. The van der Waals surface area contributed by atoms with Gasteiger partial charge in [0.2, 0.25) is 0 Å². The molecule has 0 spiro atoms. The lowest BCUT2D eigenvalue weighted by Gasteiger charge is -2.27. The van der Waals surface area contributed by atoms with Crippen molar-refractivity contribution < 1.29 is 19.5 Å². The molecule has 1 fully saturated rings. The molecular weight excluding hydrogens is 328 g/mol. The molecule has 0 radical (unpaired) electrons. The standard InChI is InChI=1S/C17H14N2O4S/c1-2-9-19-16(23)13(15(22)18-17(19)24)10-12-5-3-11(4-6-12)7-8-14(20)21/h2-8,10H,1,9H2,(H,20,21)(H,18,22,24)/b8-7+,13-10+. The maximum absolute atomic E-state index is 12.4. The first kappa shape index (κ1) is 17.3. The van der Waals surface area contributed by atoms with E-state index in [0.29, 0.717) is 11.1 Å². The molecule has 1 heterocycles. The average molecular weight is 342 g/mol. The third kappa shape index (κ3) is 4.02. The Balaban J connectivity index is 2.27. The molecule has 1 aliphatic heterocycles. The monoisotopic (exact) mass is 342 g/mol. The van der Waals surface area contributed by atoms with Gasteiger partial charge in [0.25, 0.3) is 11.8 Å². The largest absolute Gasteiger partial charge is 0.478 e. The molecule has 6 nitrogen and oxygen atoms in total. The van der Waals surface area contributed by atoms with Gasteiger partial charge in [-0.2, -0.15) is 0 Å². The number of carboxylic acids is 1. The van der Waals surface area contributed by atoms with Crippen molar-refractivity contribution in [1.82, 2.24) is 10.2 Å². The lowest BCUT2D eigenvalue weighted by atomic mass is 10.1. The zero-order valence-electron chi connectivity index (χ0n) is 12.6. The van der Waals surface area contributed by atoms with Crippen LogP contribution in [-0.2, 0) is 14.4 Å². The van der Waals surface area contributed by atoms with Crippen molar-refractivity contribution >= 4 is 47.3 Å². The summed E-state index contributed by atoms with van der Waals surface area (Å²) in [5.74, 6) is -2.08. The average Bonchev–Trinajstić information content (AvgIpc) is 2.54. The van der Waals surface area contributed by atoms with Crippen LogP contribution in [-0.4, -0.2) is 39.4 Å². The van der Waals surface area contributed by atoms with E-state index in [9.17, 15) is 14.4 Å². The van der Waals surface area contributed by atoms with E-state index in [1.54, 1.807) is 24.3 Å². The highest BCUT2D eigenvalue weighted by atomic mass is 32.1. The lowest BCUT2D eigenvalue weighted by Crippen LogP contribution is -2.53. The lowest BCUT2D eigenvalue weighted by molar-refractivity contribution is -0.131. The zero-order chi connectivity index (χ0) is 17.7. The third-order valence-corrected chi connectivity index (χ3v) is 3.49. The first-order valence-electron chi connectivity index (χ1n) is 6.93. The topological polar surface area (TPSA) is 86.7 Å². The second-order valence-corrected chi connectivity index (χ2v) is 5.25.